The third kappa shape index (κ3) is 14.1. The number of esters is 1. The second-order valence-electron chi connectivity index (χ2n) is 17.5. The number of rotatable bonds is 22. The standard InChI is InChI=1S/C54H67NO14/c1-8-29-59-48-45(60-30-39-21-13-9-14-22-39)35(3)66-54(51(48)69-53-47(62-32-41-25-17-11-18-26-41)43(55-37(5)56)44(34(2)65-53)67-38(6)57)68-49-46(61-31-40-23-15-10-16-24-40)36(4)64-52(58-7)50(49)63-33-42-27-19-12-20-28-42/h8-28,34-36,43-54H,1,29-33H2,2-7H3,(H,55,56)/t34-,35-,36-,43+,44+,45-,46-,47-,48+,49+,50+,51+,52+,53-,54+/m1/s1. The highest BCUT2D eigenvalue weighted by Crippen LogP contribution is 2.38. The summed E-state index contributed by atoms with van der Waals surface area (Å²) in [7, 11) is 1.56. The fourth-order valence-electron chi connectivity index (χ4n) is 8.99. The molecule has 0 radical (unpaired) electrons. The second-order valence-corrected chi connectivity index (χ2v) is 17.5. The Morgan fingerprint density at radius 3 is 1.33 bits per heavy atom. The van der Waals surface area contributed by atoms with E-state index in [1.54, 1.807) is 20.1 Å². The van der Waals surface area contributed by atoms with Crippen molar-refractivity contribution in [2.75, 3.05) is 13.7 Å². The maximum atomic E-state index is 13.0. The maximum Gasteiger partial charge on any atom is 0.303 e. The summed E-state index contributed by atoms with van der Waals surface area (Å²) in [6.45, 7) is 13.1. The Hall–Kier alpha value is -4.88. The molecule has 372 valence electrons. The molecular weight excluding hydrogens is 887 g/mol. The summed E-state index contributed by atoms with van der Waals surface area (Å²) in [4.78, 5) is 25.6. The fourth-order valence-corrected chi connectivity index (χ4v) is 8.99. The zero-order valence-corrected chi connectivity index (χ0v) is 40.2. The molecule has 15 atom stereocenters. The zero-order chi connectivity index (χ0) is 48.7. The number of nitrogens with one attached hydrogen (secondary N) is 1. The molecule has 0 spiro atoms. The largest absolute Gasteiger partial charge is 0.457 e. The van der Waals surface area contributed by atoms with Gasteiger partial charge in [0.05, 0.1) is 57.4 Å². The van der Waals surface area contributed by atoms with Crippen molar-refractivity contribution in [2.24, 2.45) is 0 Å². The Balaban J connectivity index is 1.30. The van der Waals surface area contributed by atoms with E-state index in [0.717, 1.165) is 22.3 Å². The number of methoxy groups -OCH3 is 1. The number of carbonyl (C=O) groups is 2. The molecule has 7 rings (SSSR count). The number of ether oxygens (including phenoxy) is 12. The van der Waals surface area contributed by atoms with Crippen LogP contribution in [0, 0.1) is 0 Å². The highest BCUT2D eigenvalue weighted by molar-refractivity contribution is 5.73. The van der Waals surface area contributed by atoms with Crippen molar-refractivity contribution in [2.45, 2.75) is 153 Å². The van der Waals surface area contributed by atoms with Gasteiger partial charge in [-0.2, -0.15) is 0 Å². The summed E-state index contributed by atoms with van der Waals surface area (Å²) in [6, 6.07) is 38.0. The Labute approximate surface area is 405 Å². The molecule has 15 nitrogen and oxygen atoms in total. The highest BCUT2D eigenvalue weighted by Gasteiger charge is 2.56. The van der Waals surface area contributed by atoms with Crippen LogP contribution in [0.5, 0.6) is 0 Å². The van der Waals surface area contributed by atoms with Crippen LogP contribution in [0.3, 0.4) is 0 Å². The zero-order valence-electron chi connectivity index (χ0n) is 40.2. The topological polar surface area (TPSA) is 157 Å². The normalized spacial score (nSPS) is 31.4. The first-order valence-electron chi connectivity index (χ1n) is 23.6. The van der Waals surface area contributed by atoms with Crippen LogP contribution in [0.25, 0.3) is 0 Å². The summed E-state index contributed by atoms with van der Waals surface area (Å²) in [5.74, 6) is -0.931. The molecule has 3 heterocycles. The number of amides is 1. The van der Waals surface area contributed by atoms with E-state index in [1.165, 1.54) is 13.8 Å². The molecule has 3 fully saturated rings. The lowest BCUT2D eigenvalue weighted by atomic mass is 9.94. The van der Waals surface area contributed by atoms with Crippen molar-refractivity contribution in [3.05, 3.63) is 156 Å². The van der Waals surface area contributed by atoms with Crippen molar-refractivity contribution in [1.29, 1.82) is 0 Å². The van der Waals surface area contributed by atoms with Gasteiger partial charge in [-0.1, -0.05) is 127 Å². The van der Waals surface area contributed by atoms with Gasteiger partial charge in [0.1, 0.15) is 42.7 Å². The average Bonchev–Trinajstić information content (AvgIpc) is 3.35. The van der Waals surface area contributed by atoms with Gasteiger partial charge in [-0.3, -0.25) is 9.59 Å². The SMILES string of the molecule is C=CCO[C@@H]1[C@H](O[C@H]2O[C@H](C)[C@H](OC(C)=O)[C@H](NC(C)=O)[C@H]2OCc2ccccc2)[C@H](O[C@@H]2[C@H](OCc3ccccc3)[C@@H](OC)O[C@H](C)[C@H]2OCc2ccccc2)O[C@H](C)[C@H]1OCc1ccccc1. The Morgan fingerprint density at radius 2 is 0.899 bits per heavy atom. The molecule has 3 aliphatic rings. The van der Waals surface area contributed by atoms with Gasteiger partial charge < -0.3 is 62.2 Å². The van der Waals surface area contributed by atoms with Crippen molar-refractivity contribution in [3.63, 3.8) is 0 Å². The van der Waals surface area contributed by atoms with Gasteiger partial charge >= 0.3 is 5.97 Å². The Kier molecular flexibility index (Phi) is 19.4. The van der Waals surface area contributed by atoms with Crippen molar-refractivity contribution < 1.29 is 66.4 Å². The van der Waals surface area contributed by atoms with Crippen LogP contribution >= 0.6 is 0 Å². The summed E-state index contributed by atoms with van der Waals surface area (Å²) < 4.78 is 79.9. The first-order chi connectivity index (χ1) is 33.5. The van der Waals surface area contributed by atoms with Crippen LogP contribution < -0.4 is 5.32 Å². The molecule has 0 aliphatic carbocycles. The van der Waals surface area contributed by atoms with E-state index in [0.29, 0.717) is 0 Å². The van der Waals surface area contributed by atoms with Gasteiger partial charge in [-0.25, -0.2) is 0 Å². The van der Waals surface area contributed by atoms with E-state index in [1.807, 2.05) is 135 Å². The third-order valence-corrected chi connectivity index (χ3v) is 12.3. The lowest BCUT2D eigenvalue weighted by Crippen LogP contribution is -2.68. The lowest BCUT2D eigenvalue weighted by molar-refractivity contribution is -0.390. The molecule has 3 aliphatic heterocycles. The van der Waals surface area contributed by atoms with Gasteiger partial charge in [0, 0.05) is 21.0 Å². The minimum atomic E-state index is -1.24. The van der Waals surface area contributed by atoms with Gasteiger partial charge in [0.2, 0.25) is 5.91 Å². The molecule has 0 aromatic heterocycles. The van der Waals surface area contributed by atoms with Gasteiger partial charge in [-0.05, 0) is 43.0 Å². The van der Waals surface area contributed by atoms with E-state index >= 15 is 0 Å². The van der Waals surface area contributed by atoms with Crippen molar-refractivity contribution in [1.82, 2.24) is 5.32 Å². The average molecular weight is 954 g/mol. The molecule has 4 aromatic rings. The molecule has 1 N–H and O–H groups in total. The number of hydrogen-bond donors (Lipinski definition) is 1. The maximum absolute atomic E-state index is 13.0. The van der Waals surface area contributed by atoms with Crippen LogP contribution in [-0.2, 0) is 92.9 Å². The molecule has 4 aromatic carbocycles. The van der Waals surface area contributed by atoms with Crippen LogP contribution in [0.15, 0.2) is 134 Å². The smallest absolute Gasteiger partial charge is 0.303 e. The first-order valence-corrected chi connectivity index (χ1v) is 23.6. The molecule has 0 bridgehead atoms. The van der Waals surface area contributed by atoms with E-state index in [-0.39, 0.29) is 38.9 Å². The Morgan fingerprint density at radius 1 is 0.507 bits per heavy atom. The van der Waals surface area contributed by atoms with Crippen LogP contribution in [0.1, 0.15) is 56.9 Å². The summed E-state index contributed by atoms with van der Waals surface area (Å²) in [6.07, 6.45) is -10.9. The predicted molar refractivity (Wildman–Crippen MR) is 253 cm³/mol. The minimum Gasteiger partial charge on any atom is -0.457 e. The lowest BCUT2D eigenvalue weighted by Gasteiger charge is -2.51. The highest BCUT2D eigenvalue weighted by atomic mass is 16.8. The van der Waals surface area contributed by atoms with E-state index in [4.69, 9.17) is 56.8 Å². The molecule has 69 heavy (non-hydrogen) atoms. The van der Waals surface area contributed by atoms with Crippen LogP contribution in [-0.4, -0.2) is 118 Å². The molecule has 1 amide bonds. The molecule has 0 unspecified atom stereocenters. The Bertz CT molecular complexity index is 2150. The van der Waals surface area contributed by atoms with Crippen LogP contribution in [0.4, 0.5) is 0 Å². The van der Waals surface area contributed by atoms with E-state index in [9.17, 15) is 9.59 Å². The molecule has 3 saturated heterocycles. The van der Waals surface area contributed by atoms with E-state index < -0.39 is 98.0 Å². The number of carbonyl (C=O) groups excluding carboxylic acids is 2. The van der Waals surface area contributed by atoms with Crippen molar-refractivity contribution >= 4 is 11.9 Å². The monoisotopic (exact) mass is 953 g/mol. The third-order valence-electron chi connectivity index (χ3n) is 12.3. The minimum absolute atomic E-state index is 0.0998. The predicted octanol–water partition coefficient (Wildman–Crippen LogP) is 6.99. The number of hydrogen-bond acceptors (Lipinski definition) is 14. The molecule has 15 heteroatoms. The van der Waals surface area contributed by atoms with Crippen molar-refractivity contribution in [3.8, 4) is 0 Å². The summed E-state index contributed by atoms with van der Waals surface area (Å²) >= 11 is 0. The van der Waals surface area contributed by atoms with Gasteiger partial charge in [0.15, 0.2) is 25.0 Å². The number of benzene rings is 4. The van der Waals surface area contributed by atoms with Crippen LogP contribution in [0.2, 0.25) is 0 Å². The van der Waals surface area contributed by atoms with E-state index in [2.05, 4.69) is 11.9 Å². The first kappa shape index (κ1) is 52.0. The fraction of sp³-hybridized carbons (Fsp3) is 0.481. The molecule has 0 saturated carbocycles. The summed E-state index contributed by atoms with van der Waals surface area (Å²) in [5.41, 5.74) is 3.67. The molecular formula is C54H67NO14. The van der Waals surface area contributed by atoms with Gasteiger partial charge in [-0.15, -0.1) is 6.58 Å². The van der Waals surface area contributed by atoms with Gasteiger partial charge in [0.25, 0.3) is 0 Å². The summed E-state index contributed by atoms with van der Waals surface area (Å²) in [5, 5.41) is 2.99. The quantitative estimate of drug-likeness (QED) is 0.0636. The second kappa shape index (κ2) is 25.8.